The molecule has 194 valence electrons. The summed E-state index contributed by atoms with van der Waals surface area (Å²) in [7, 11) is 6.05. The number of hydrazine groups is 1. The molecule has 0 saturated carbocycles. The molecule has 2 N–H and O–H groups in total. The first-order valence-corrected chi connectivity index (χ1v) is 13.8. The monoisotopic (exact) mass is 496 g/mol. The number of hydrogen-bond donors (Lipinski definition) is 1. The third-order valence-corrected chi connectivity index (χ3v) is 6.79. The molecule has 0 spiro atoms. The molecular formula is C30H48N4S. The predicted octanol–water partition coefficient (Wildman–Crippen LogP) is 7.54. The topological polar surface area (TPSA) is 35.7 Å². The summed E-state index contributed by atoms with van der Waals surface area (Å²) in [6.07, 6.45) is 7.23. The van der Waals surface area contributed by atoms with Crippen molar-refractivity contribution in [3.05, 3.63) is 71.5 Å². The Hall–Kier alpha value is -2.17. The lowest BCUT2D eigenvalue weighted by atomic mass is 10.1. The van der Waals surface area contributed by atoms with Crippen molar-refractivity contribution in [3.63, 3.8) is 0 Å². The fourth-order valence-electron chi connectivity index (χ4n) is 3.85. The highest BCUT2D eigenvalue weighted by atomic mass is 32.2. The fraction of sp³-hybridized carbons (Fsp3) is 0.500. The van der Waals surface area contributed by atoms with E-state index in [9.17, 15) is 0 Å². The van der Waals surface area contributed by atoms with Gasteiger partial charge in [0.15, 0.2) is 0 Å². The highest BCUT2D eigenvalue weighted by Gasteiger charge is 2.17. The van der Waals surface area contributed by atoms with Gasteiger partial charge in [-0.05, 0) is 61.4 Å². The SMILES string of the molecule is C=C=C(c1cc(SN)c(C)c(N(CCCC)CCCC)c1)N(C)N(C)C.CCCc1ccccc1. The van der Waals surface area contributed by atoms with Crippen LogP contribution < -0.4 is 10.0 Å². The molecule has 0 aliphatic carbocycles. The molecule has 0 radical (unpaired) electrons. The van der Waals surface area contributed by atoms with Crippen LogP contribution in [0, 0.1) is 6.92 Å². The second-order valence-corrected chi connectivity index (χ2v) is 9.74. The molecule has 0 aliphatic heterocycles. The van der Waals surface area contributed by atoms with E-state index in [-0.39, 0.29) is 0 Å². The molecule has 2 aromatic carbocycles. The van der Waals surface area contributed by atoms with Gasteiger partial charge in [0.1, 0.15) is 5.70 Å². The normalized spacial score (nSPS) is 10.4. The highest BCUT2D eigenvalue weighted by molar-refractivity contribution is 7.97. The molecule has 0 aromatic heterocycles. The first-order valence-electron chi connectivity index (χ1n) is 13.0. The summed E-state index contributed by atoms with van der Waals surface area (Å²) in [4.78, 5) is 3.62. The number of nitrogens with zero attached hydrogens (tertiary/aromatic N) is 3. The van der Waals surface area contributed by atoms with E-state index in [2.05, 4.69) is 92.4 Å². The highest BCUT2D eigenvalue weighted by Crippen LogP contribution is 2.33. The molecule has 5 heteroatoms. The van der Waals surface area contributed by atoms with E-state index in [1.165, 1.54) is 67.3 Å². The summed E-state index contributed by atoms with van der Waals surface area (Å²) < 4.78 is 0. The maximum atomic E-state index is 6.00. The van der Waals surface area contributed by atoms with Crippen molar-refractivity contribution >= 4 is 23.3 Å². The third-order valence-electron chi connectivity index (χ3n) is 6.11. The van der Waals surface area contributed by atoms with Crippen molar-refractivity contribution in [1.82, 2.24) is 10.0 Å². The summed E-state index contributed by atoms with van der Waals surface area (Å²) in [5.74, 6) is 0. The van der Waals surface area contributed by atoms with Gasteiger partial charge in [-0.2, -0.15) is 0 Å². The van der Waals surface area contributed by atoms with Gasteiger partial charge < -0.3 is 9.91 Å². The van der Waals surface area contributed by atoms with Crippen LogP contribution >= 0.6 is 11.9 Å². The minimum atomic E-state index is 0.956. The summed E-state index contributed by atoms with van der Waals surface area (Å²) in [6, 6.07) is 15.0. The molecule has 2 aromatic rings. The fourth-order valence-corrected chi connectivity index (χ4v) is 4.32. The van der Waals surface area contributed by atoms with E-state index in [0.717, 1.165) is 29.2 Å². The maximum Gasteiger partial charge on any atom is 0.101 e. The molecule has 0 fully saturated rings. The van der Waals surface area contributed by atoms with E-state index in [1.54, 1.807) is 0 Å². The van der Waals surface area contributed by atoms with E-state index in [4.69, 9.17) is 5.14 Å². The van der Waals surface area contributed by atoms with Gasteiger partial charge in [-0.25, -0.2) is 5.01 Å². The van der Waals surface area contributed by atoms with Crippen molar-refractivity contribution < 1.29 is 0 Å². The second-order valence-electron chi connectivity index (χ2n) is 9.06. The number of anilines is 1. The third kappa shape index (κ3) is 10.1. The molecule has 0 aliphatic rings. The van der Waals surface area contributed by atoms with E-state index >= 15 is 0 Å². The number of unbranched alkanes of at least 4 members (excludes halogenated alkanes) is 2. The zero-order valence-corrected chi connectivity index (χ0v) is 24.0. The number of hydrogen-bond acceptors (Lipinski definition) is 5. The Balaban J connectivity index is 0.000000566. The molecule has 0 atom stereocenters. The van der Waals surface area contributed by atoms with Crippen LogP contribution in [0.25, 0.3) is 5.70 Å². The average molecular weight is 497 g/mol. The molecule has 2 rings (SSSR count). The van der Waals surface area contributed by atoms with Crippen LogP contribution in [0.5, 0.6) is 0 Å². The number of rotatable bonds is 13. The van der Waals surface area contributed by atoms with Gasteiger partial charge >= 0.3 is 0 Å². The molecule has 0 saturated heterocycles. The first-order chi connectivity index (χ1) is 16.8. The zero-order valence-electron chi connectivity index (χ0n) is 23.2. The number of benzene rings is 2. The Morgan fingerprint density at radius 1 is 0.943 bits per heavy atom. The van der Waals surface area contributed by atoms with Crippen molar-refractivity contribution in [1.29, 1.82) is 0 Å². The summed E-state index contributed by atoms with van der Waals surface area (Å²) in [5.41, 5.74) is 9.13. The van der Waals surface area contributed by atoms with E-state index in [1.807, 2.05) is 26.2 Å². The predicted molar refractivity (Wildman–Crippen MR) is 158 cm³/mol. The zero-order chi connectivity index (χ0) is 26.2. The summed E-state index contributed by atoms with van der Waals surface area (Å²) in [6.45, 7) is 14.9. The van der Waals surface area contributed by atoms with Gasteiger partial charge in [-0.3, -0.25) is 5.14 Å². The van der Waals surface area contributed by atoms with Crippen LogP contribution in [-0.4, -0.2) is 44.3 Å². The van der Waals surface area contributed by atoms with Gasteiger partial charge in [0, 0.05) is 50.4 Å². The molecule has 0 amide bonds. The van der Waals surface area contributed by atoms with Crippen molar-refractivity contribution in [2.24, 2.45) is 5.14 Å². The molecule has 0 heterocycles. The molecule has 0 unspecified atom stereocenters. The Labute approximate surface area is 220 Å². The van der Waals surface area contributed by atoms with Crippen molar-refractivity contribution in [3.8, 4) is 0 Å². The maximum absolute atomic E-state index is 6.00. The van der Waals surface area contributed by atoms with Gasteiger partial charge in [-0.1, -0.05) is 76.9 Å². The van der Waals surface area contributed by atoms with Gasteiger partial charge in [0.25, 0.3) is 0 Å². The quantitative estimate of drug-likeness (QED) is 0.176. The second kappa shape index (κ2) is 17.3. The van der Waals surface area contributed by atoms with Crippen LogP contribution in [-0.2, 0) is 6.42 Å². The van der Waals surface area contributed by atoms with Crippen LogP contribution in [0.2, 0.25) is 0 Å². The van der Waals surface area contributed by atoms with E-state index < -0.39 is 0 Å². The minimum Gasteiger partial charge on any atom is -0.371 e. The first kappa shape index (κ1) is 30.9. The Kier molecular flexibility index (Phi) is 15.2. The van der Waals surface area contributed by atoms with Gasteiger partial charge in [0.2, 0.25) is 0 Å². The van der Waals surface area contributed by atoms with Crippen LogP contribution in [0.3, 0.4) is 0 Å². The molecule has 35 heavy (non-hydrogen) atoms. The van der Waals surface area contributed by atoms with Crippen molar-refractivity contribution in [2.45, 2.75) is 71.1 Å². The number of aryl methyl sites for hydroxylation is 1. The molecule has 0 bridgehead atoms. The van der Waals surface area contributed by atoms with E-state index in [0.29, 0.717) is 0 Å². The average Bonchev–Trinajstić information content (AvgIpc) is 2.86. The number of nitrogens with two attached hydrogens (primary N) is 1. The van der Waals surface area contributed by atoms with Crippen LogP contribution in [0.1, 0.15) is 69.6 Å². The van der Waals surface area contributed by atoms with Crippen LogP contribution in [0.15, 0.2) is 59.7 Å². The largest absolute Gasteiger partial charge is 0.371 e. The van der Waals surface area contributed by atoms with Crippen molar-refractivity contribution in [2.75, 3.05) is 39.1 Å². The summed E-state index contributed by atoms with van der Waals surface area (Å²) >= 11 is 1.32. The molecule has 4 nitrogen and oxygen atoms in total. The van der Waals surface area contributed by atoms with Crippen LogP contribution in [0.4, 0.5) is 5.69 Å². The lowest BCUT2D eigenvalue weighted by Crippen LogP contribution is -2.31. The van der Waals surface area contributed by atoms with Gasteiger partial charge in [-0.15, -0.1) is 5.73 Å². The standard InChI is InChI=1S/C21H36N4S.C9H12/c1-8-11-13-25(14-12-9-2)20-15-18(16-21(26-22)17(20)4)19(10-3)24(7)23(5)6;1-2-6-9-7-4-3-5-8-9/h15-16H,3,8-9,11-14,22H2,1-2,4-7H3;3-5,7-8H,2,6H2,1H3. The Morgan fingerprint density at radius 3 is 2.00 bits per heavy atom. The lowest BCUT2D eigenvalue weighted by molar-refractivity contribution is 0.131. The smallest absolute Gasteiger partial charge is 0.101 e. The molecular weight excluding hydrogens is 448 g/mol. The minimum absolute atomic E-state index is 0.956. The Bertz CT molecular complexity index is 896. The summed E-state index contributed by atoms with van der Waals surface area (Å²) in [5, 5.41) is 10.1. The van der Waals surface area contributed by atoms with Gasteiger partial charge in [0.05, 0.1) is 0 Å². The Morgan fingerprint density at radius 2 is 1.54 bits per heavy atom. The lowest BCUT2D eigenvalue weighted by Gasteiger charge is -2.31.